The van der Waals surface area contributed by atoms with Gasteiger partial charge in [-0.1, -0.05) is 6.07 Å². The zero-order valence-electron chi connectivity index (χ0n) is 11.1. The Hall–Kier alpha value is -1.66. The molecule has 1 aliphatic rings. The van der Waals surface area contributed by atoms with Crippen molar-refractivity contribution in [1.29, 1.82) is 0 Å². The number of nitrogens with zero attached hydrogens (tertiary/aromatic N) is 2. The number of carbonyl (C=O) groups is 1. The predicted octanol–water partition coefficient (Wildman–Crippen LogP) is 0.766. The summed E-state index contributed by atoms with van der Waals surface area (Å²) in [5, 5.41) is 8.59. The summed E-state index contributed by atoms with van der Waals surface area (Å²) in [7, 11) is 1.59. The first-order chi connectivity index (χ1) is 9.00. The molecule has 0 saturated carbocycles. The number of carboxylic acids is 1. The molecule has 6 nitrogen and oxygen atoms in total. The highest BCUT2D eigenvalue weighted by Crippen LogP contribution is 2.26. The molecular formula is C13H18N2O4. The minimum atomic E-state index is -0.936. The predicted molar refractivity (Wildman–Crippen MR) is 68.1 cm³/mol. The molecule has 1 N–H and O–H groups in total. The number of methoxy groups -OCH3 is 1. The summed E-state index contributed by atoms with van der Waals surface area (Å²) >= 11 is 0. The van der Waals surface area contributed by atoms with Crippen molar-refractivity contribution in [1.82, 2.24) is 9.88 Å². The number of hydrogen-bond acceptors (Lipinski definition) is 5. The second-order valence-corrected chi connectivity index (χ2v) is 4.95. The molecule has 1 aromatic rings. The highest BCUT2D eigenvalue weighted by molar-refractivity contribution is 5.68. The average Bonchev–Trinajstić information content (AvgIpc) is 2.35. The van der Waals surface area contributed by atoms with Gasteiger partial charge in [0.1, 0.15) is 6.61 Å². The fraction of sp³-hybridized carbons (Fsp3) is 0.538. The topological polar surface area (TPSA) is 71.9 Å². The van der Waals surface area contributed by atoms with E-state index in [0.717, 1.165) is 5.69 Å². The van der Waals surface area contributed by atoms with E-state index in [9.17, 15) is 4.79 Å². The Bertz CT molecular complexity index is 458. The van der Waals surface area contributed by atoms with Crippen LogP contribution in [0.2, 0.25) is 0 Å². The number of pyridine rings is 1. The molecule has 104 valence electrons. The number of rotatable bonds is 6. The molecular weight excluding hydrogens is 248 g/mol. The van der Waals surface area contributed by atoms with Gasteiger partial charge in [0, 0.05) is 25.7 Å². The zero-order valence-corrected chi connectivity index (χ0v) is 11.1. The molecule has 0 bridgehead atoms. The van der Waals surface area contributed by atoms with Gasteiger partial charge in [0.25, 0.3) is 0 Å². The van der Waals surface area contributed by atoms with Gasteiger partial charge in [-0.05, 0) is 13.0 Å². The number of aromatic nitrogens is 1. The quantitative estimate of drug-likeness (QED) is 0.820. The molecule has 19 heavy (non-hydrogen) atoms. The Morgan fingerprint density at radius 1 is 1.53 bits per heavy atom. The third-order valence-corrected chi connectivity index (χ3v) is 3.04. The Morgan fingerprint density at radius 3 is 2.89 bits per heavy atom. The standard InChI is InChI=1S/C13H18N2O4/c1-13(19-7-12(16)17)8-15(9-13)6-10-4-3-5-11(14-10)18-2/h3-5H,6-9H2,1-2H3,(H,16,17). The molecule has 2 rings (SSSR count). The van der Waals surface area contributed by atoms with Crippen LogP contribution in [0.25, 0.3) is 0 Å². The monoisotopic (exact) mass is 266 g/mol. The van der Waals surface area contributed by atoms with Gasteiger partial charge in [0.15, 0.2) is 0 Å². The summed E-state index contributed by atoms with van der Waals surface area (Å²) in [5.41, 5.74) is 0.566. The number of ether oxygens (including phenoxy) is 2. The molecule has 0 spiro atoms. The number of hydrogen-bond donors (Lipinski definition) is 1. The van der Waals surface area contributed by atoms with Gasteiger partial charge in [-0.2, -0.15) is 0 Å². The van der Waals surface area contributed by atoms with Crippen molar-refractivity contribution in [3.8, 4) is 5.88 Å². The first-order valence-corrected chi connectivity index (χ1v) is 6.09. The molecule has 1 aliphatic heterocycles. The summed E-state index contributed by atoms with van der Waals surface area (Å²) in [4.78, 5) is 17.0. The molecule has 1 fully saturated rings. The van der Waals surface area contributed by atoms with Crippen LogP contribution in [-0.4, -0.2) is 53.4 Å². The van der Waals surface area contributed by atoms with Gasteiger partial charge in [0.2, 0.25) is 5.88 Å². The maximum Gasteiger partial charge on any atom is 0.329 e. The highest BCUT2D eigenvalue weighted by atomic mass is 16.5. The van der Waals surface area contributed by atoms with Crippen LogP contribution in [0.4, 0.5) is 0 Å². The molecule has 0 radical (unpaired) electrons. The van der Waals surface area contributed by atoms with E-state index < -0.39 is 5.97 Å². The molecule has 0 atom stereocenters. The Kier molecular flexibility index (Phi) is 4.01. The van der Waals surface area contributed by atoms with E-state index in [1.807, 2.05) is 19.1 Å². The fourth-order valence-electron chi connectivity index (χ4n) is 2.23. The fourth-order valence-corrected chi connectivity index (χ4v) is 2.23. The molecule has 6 heteroatoms. The van der Waals surface area contributed by atoms with Crippen molar-refractivity contribution >= 4 is 5.97 Å². The molecule has 2 heterocycles. The van der Waals surface area contributed by atoms with Gasteiger partial charge >= 0.3 is 5.97 Å². The van der Waals surface area contributed by atoms with Crippen LogP contribution in [0.1, 0.15) is 12.6 Å². The van der Waals surface area contributed by atoms with E-state index in [-0.39, 0.29) is 12.2 Å². The maximum absolute atomic E-state index is 10.5. The van der Waals surface area contributed by atoms with Crippen LogP contribution in [0.3, 0.4) is 0 Å². The average molecular weight is 266 g/mol. The maximum atomic E-state index is 10.5. The largest absolute Gasteiger partial charge is 0.481 e. The lowest BCUT2D eigenvalue weighted by atomic mass is 9.96. The summed E-state index contributed by atoms with van der Waals surface area (Å²) in [5.74, 6) is -0.336. The van der Waals surface area contributed by atoms with E-state index in [1.165, 1.54) is 0 Å². The minimum Gasteiger partial charge on any atom is -0.481 e. The lowest BCUT2D eigenvalue weighted by Crippen LogP contribution is -2.61. The Morgan fingerprint density at radius 2 is 2.26 bits per heavy atom. The van der Waals surface area contributed by atoms with Gasteiger partial charge in [-0.3, -0.25) is 4.90 Å². The lowest BCUT2D eigenvalue weighted by molar-refractivity contribution is -0.165. The summed E-state index contributed by atoms with van der Waals surface area (Å²) in [6.45, 7) is 3.80. The van der Waals surface area contributed by atoms with Gasteiger partial charge in [-0.15, -0.1) is 0 Å². The van der Waals surface area contributed by atoms with Gasteiger partial charge in [0.05, 0.1) is 18.4 Å². The van der Waals surface area contributed by atoms with Gasteiger partial charge in [-0.25, -0.2) is 9.78 Å². The number of carboxylic acid groups (broad SMARTS) is 1. The van der Waals surface area contributed by atoms with E-state index >= 15 is 0 Å². The van der Waals surface area contributed by atoms with Crippen LogP contribution < -0.4 is 4.74 Å². The van der Waals surface area contributed by atoms with Crippen molar-refractivity contribution in [3.63, 3.8) is 0 Å². The number of aliphatic carboxylic acids is 1. The summed E-state index contributed by atoms with van der Waals surface area (Å²) in [6.07, 6.45) is 0. The highest BCUT2D eigenvalue weighted by Gasteiger charge is 2.40. The third-order valence-electron chi connectivity index (χ3n) is 3.04. The summed E-state index contributed by atoms with van der Waals surface area (Å²) < 4.78 is 10.4. The lowest BCUT2D eigenvalue weighted by Gasteiger charge is -2.47. The zero-order chi connectivity index (χ0) is 13.9. The van der Waals surface area contributed by atoms with Crippen LogP contribution in [0, 0.1) is 0 Å². The van der Waals surface area contributed by atoms with Crippen molar-refractivity contribution in [2.45, 2.75) is 19.1 Å². The van der Waals surface area contributed by atoms with Crippen molar-refractivity contribution in [3.05, 3.63) is 23.9 Å². The molecule has 0 aromatic carbocycles. The first-order valence-electron chi connectivity index (χ1n) is 6.09. The second kappa shape index (κ2) is 5.54. The van der Waals surface area contributed by atoms with Crippen molar-refractivity contribution in [2.75, 3.05) is 26.8 Å². The smallest absolute Gasteiger partial charge is 0.329 e. The normalized spacial score (nSPS) is 17.8. The molecule has 0 unspecified atom stereocenters. The van der Waals surface area contributed by atoms with Crippen LogP contribution >= 0.6 is 0 Å². The Balaban J connectivity index is 1.82. The Labute approximate surface area is 112 Å². The van der Waals surface area contributed by atoms with E-state index in [4.69, 9.17) is 14.6 Å². The molecule has 1 aromatic heterocycles. The van der Waals surface area contributed by atoms with Crippen molar-refractivity contribution in [2.24, 2.45) is 0 Å². The van der Waals surface area contributed by atoms with Crippen LogP contribution in [0.5, 0.6) is 5.88 Å². The third kappa shape index (κ3) is 3.65. The minimum absolute atomic E-state index is 0.248. The van der Waals surface area contributed by atoms with E-state index in [2.05, 4.69) is 9.88 Å². The SMILES string of the molecule is COc1cccc(CN2CC(C)(OCC(=O)O)C2)n1. The van der Waals surface area contributed by atoms with Crippen LogP contribution in [-0.2, 0) is 16.1 Å². The van der Waals surface area contributed by atoms with E-state index in [1.54, 1.807) is 13.2 Å². The van der Waals surface area contributed by atoms with E-state index in [0.29, 0.717) is 25.5 Å². The van der Waals surface area contributed by atoms with Crippen LogP contribution in [0.15, 0.2) is 18.2 Å². The van der Waals surface area contributed by atoms with Crippen molar-refractivity contribution < 1.29 is 19.4 Å². The molecule has 0 amide bonds. The second-order valence-electron chi connectivity index (χ2n) is 4.95. The molecule has 0 aliphatic carbocycles. The number of likely N-dealkylation sites (tertiary alicyclic amines) is 1. The molecule has 1 saturated heterocycles. The summed E-state index contributed by atoms with van der Waals surface area (Å²) in [6, 6.07) is 5.65. The van der Waals surface area contributed by atoms with Gasteiger partial charge < -0.3 is 14.6 Å². The first kappa shape index (κ1) is 13.8.